The number of rotatable bonds is 3. The summed E-state index contributed by atoms with van der Waals surface area (Å²) < 4.78 is 14.9. The predicted octanol–water partition coefficient (Wildman–Crippen LogP) is 10.5. The SMILES string of the molecule is Oc1ccc(-c2c3c(c(-c4ccccc4)c4ccccc24)-c2cccc4cccc-3c24)cc1-c1ccccc1F. The fraction of sp³-hybridized carbons (Fsp3) is 0. The summed E-state index contributed by atoms with van der Waals surface area (Å²) in [5.74, 6) is -0.303. The molecule has 1 N–H and O–H groups in total. The molecular formula is C38H23FO. The van der Waals surface area contributed by atoms with Gasteiger partial charge in [-0.05, 0) is 84.3 Å². The summed E-state index contributed by atoms with van der Waals surface area (Å²) >= 11 is 0. The molecule has 1 nitrogen and oxygen atoms in total. The molecule has 0 atom stereocenters. The zero-order chi connectivity index (χ0) is 26.8. The molecule has 0 aliphatic heterocycles. The van der Waals surface area contributed by atoms with E-state index in [-0.39, 0.29) is 11.6 Å². The monoisotopic (exact) mass is 514 g/mol. The van der Waals surface area contributed by atoms with Crippen molar-refractivity contribution in [3.8, 4) is 61.4 Å². The van der Waals surface area contributed by atoms with Gasteiger partial charge in [0.15, 0.2) is 0 Å². The third kappa shape index (κ3) is 3.20. The van der Waals surface area contributed by atoms with Gasteiger partial charge in [0.2, 0.25) is 0 Å². The molecule has 0 spiro atoms. The maximum absolute atomic E-state index is 14.9. The molecule has 0 saturated carbocycles. The molecular weight excluding hydrogens is 491 g/mol. The van der Waals surface area contributed by atoms with E-state index in [9.17, 15) is 9.50 Å². The minimum absolute atomic E-state index is 0.0566. The van der Waals surface area contributed by atoms with Crippen molar-refractivity contribution in [3.05, 3.63) is 139 Å². The lowest BCUT2D eigenvalue weighted by atomic mass is 9.82. The van der Waals surface area contributed by atoms with Crippen LogP contribution in [0.4, 0.5) is 4.39 Å². The molecule has 0 aromatic heterocycles. The first-order chi connectivity index (χ1) is 19.7. The molecule has 40 heavy (non-hydrogen) atoms. The summed E-state index contributed by atoms with van der Waals surface area (Å²) in [6.45, 7) is 0. The van der Waals surface area contributed by atoms with E-state index in [1.54, 1.807) is 24.3 Å². The quantitative estimate of drug-likeness (QED) is 0.249. The highest BCUT2D eigenvalue weighted by atomic mass is 19.1. The molecule has 7 aromatic rings. The third-order valence-electron chi connectivity index (χ3n) is 8.17. The highest BCUT2D eigenvalue weighted by molar-refractivity contribution is 6.27. The van der Waals surface area contributed by atoms with Crippen LogP contribution in [-0.2, 0) is 0 Å². The Bertz CT molecular complexity index is 2120. The molecule has 0 bridgehead atoms. The normalized spacial score (nSPS) is 11.7. The Morgan fingerprint density at radius 1 is 0.425 bits per heavy atom. The molecule has 0 saturated heterocycles. The Morgan fingerprint density at radius 3 is 1.68 bits per heavy atom. The molecule has 0 radical (unpaired) electrons. The second-order valence-electron chi connectivity index (χ2n) is 10.3. The van der Waals surface area contributed by atoms with Crippen molar-refractivity contribution in [1.29, 1.82) is 0 Å². The average Bonchev–Trinajstić information content (AvgIpc) is 3.33. The van der Waals surface area contributed by atoms with E-state index in [0.29, 0.717) is 11.1 Å². The highest BCUT2D eigenvalue weighted by Crippen LogP contribution is 2.57. The first-order valence-corrected chi connectivity index (χ1v) is 13.5. The summed E-state index contributed by atoms with van der Waals surface area (Å²) in [5, 5.41) is 15.6. The predicted molar refractivity (Wildman–Crippen MR) is 164 cm³/mol. The second-order valence-corrected chi connectivity index (χ2v) is 10.3. The number of benzene rings is 7. The Balaban J connectivity index is 1.56. The van der Waals surface area contributed by atoms with Crippen LogP contribution in [0.3, 0.4) is 0 Å². The fourth-order valence-electron chi connectivity index (χ4n) is 6.53. The molecule has 0 unspecified atom stereocenters. The lowest BCUT2D eigenvalue weighted by Gasteiger charge is -2.21. The van der Waals surface area contributed by atoms with E-state index in [0.717, 1.165) is 21.9 Å². The smallest absolute Gasteiger partial charge is 0.131 e. The molecule has 0 heterocycles. The van der Waals surface area contributed by atoms with Crippen LogP contribution in [0.15, 0.2) is 133 Å². The molecule has 7 aromatic carbocycles. The lowest BCUT2D eigenvalue weighted by Crippen LogP contribution is -1.94. The van der Waals surface area contributed by atoms with Gasteiger partial charge in [-0.15, -0.1) is 0 Å². The van der Waals surface area contributed by atoms with Gasteiger partial charge < -0.3 is 5.11 Å². The molecule has 0 fully saturated rings. The van der Waals surface area contributed by atoms with Gasteiger partial charge in [0, 0.05) is 11.1 Å². The van der Waals surface area contributed by atoms with Crippen LogP contribution >= 0.6 is 0 Å². The second kappa shape index (κ2) is 8.65. The largest absolute Gasteiger partial charge is 0.507 e. The van der Waals surface area contributed by atoms with E-state index >= 15 is 0 Å². The van der Waals surface area contributed by atoms with Crippen LogP contribution in [-0.4, -0.2) is 5.11 Å². The average molecular weight is 515 g/mol. The van der Waals surface area contributed by atoms with Gasteiger partial charge in [-0.25, -0.2) is 4.39 Å². The molecule has 1 aliphatic carbocycles. The number of hydrogen-bond donors (Lipinski definition) is 1. The summed E-state index contributed by atoms with van der Waals surface area (Å²) in [4.78, 5) is 0. The topological polar surface area (TPSA) is 20.2 Å². The van der Waals surface area contributed by atoms with E-state index in [2.05, 4.69) is 91.0 Å². The van der Waals surface area contributed by atoms with Gasteiger partial charge in [0.05, 0.1) is 0 Å². The van der Waals surface area contributed by atoms with Gasteiger partial charge in [-0.3, -0.25) is 0 Å². The van der Waals surface area contributed by atoms with E-state index < -0.39 is 0 Å². The molecule has 188 valence electrons. The Kier molecular flexibility index (Phi) is 4.92. The zero-order valence-electron chi connectivity index (χ0n) is 21.5. The van der Waals surface area contributed by atoms with Crippen LogP contribution in [0, 0.1) is 5.82 Å². The maximum atomic E-state index is 14.9. The minimum atomic E-state index is -0.360. The van der Waals surface area contributed by atoms with Crippen molar-refractivity contribution < 1.29 is 9.50 Å². The van der Waals surface area contributed by atoms with Crippen molar-refractivity contribution in [2.24, 2.45) is 0 Å². The van der Waals surface area contributed by atoms with E-state index in [4.69, 9.17) is 0 Å². The van der Waals surface area contributed by atoms with Crippen molar-refractivity contribution in [1.82, 2.24) is 0 Å². The highest BCUT2D eigenvalue weighted by Gasteiger charge is 2.30. The fourth-order valence-corrected chi connectivity index (χ4v) is 6.53. The number of phenolic OH excluding ortho intramolecular Hbond substituents is 1. The van der Waals surface area contributed by atoms with Crippen LogP contribution < -0.4 is 0 Å². The first kappa shape index (κ1) is 22.7. The minimum Gasteiger partial charge on any atom is -0.507 e. The van der Waals surface area contributed by atoms with Crippen molar-refractivity contribution in [2.45, 2.75) is 0 Å². The third-order valence-corrected chi connectivity index (χ3v) is 8.17. The number of halogens is 1. The maximum Gasteiger partial charge on any atom is 0.131 e. The van der Waals surface area contributed by atoms with Gasteiger partial charge >= 0.3 is 0 Å². The van der Waals surface area contributed by atoms with E-state index in [1.807, 2.05) is 12.1 Å². The molecule has 0 amide bonds. The van der Waals surface area contributed by atoms with Crippen LogP contribution in [0.1, 0.15) is 0 Å². The number of aromatic hydroxyl groups is 1. The Labute approximate surface area is 231 Å². The van der Waals surface area contributed by atoms with Crippen LogP contribution in [0.2, 0.25) is 0 Å². The molecule has 1 aliphatic rings. The van der Waals surface area contributed by atoms with Crippen LogP contribution in [0.25, 0.3) is 77.2 Å². The van der Waals surface area contributed by atoms with Crippen molar-refractivity contribution in [2.75, 3.05) is 0 Å². The number of fused-ring (bicyclic) bond motifs is 4. The van der Waals surface area contributed by atoms with Gasteiger partial charge in [-0.1, -0.05) is 115 Å². The summed E-state index contributed by atoms with van der Waals surface area (Å²) in [6.07, 6.45) is 0. The summed E-state index contributed by atoms with van der Waals surface area (Å²) in [6, 6.07) is 44.4. The first-order valence-electron chi connectivity index (χ1n) is 13.5. The van der Waals surface area contributed by atoms with Gasteiger partial charge in [0.25, 0.3) is 0 Å². The van der Waals surface area contributed by atoms with Crippen molar-refractivity contribution in [3.63, 3.8) is 0 Å². The zero-order valence-corrected chi connectivity index (χ0v) is 21.5. The van der Waals surface area contributed by atoms with Gasteiger partial charge in [0.1, 0.15) is 11.6 Å². The Morgan fingerprint density at radius 2 is 1.00 bits per heavy atom. The standard InChI is InChI=1S/C38H23FO/c39-32-19-7-6-14-26(32)31-22-25(20-21-33(31)40)36-28-16-5-4-15-27(28)35(24-10-2-1-3-11-24)37-29-17-8-12-23-13-9-18-30(34(23)29)38(36)37/h1-22,40H. The van der Waals surface area contributed by atoms with E-state index in [1.165, 1.54) is 50.2 Å². The number of hydrogen-bond acceptors (Lipinski definition) is 1. The number of phenols is 1. The van der Waals surface area contributed by atoms with Crippen molar-refractivity contribution >= 4 is 21.5 Å². The van der Waals surface area contributed by atoms with Crippen LogP contribution in [0.5, 0.6) is 5.75 Å². The summed E-state index contributed by atoms with van der Waals surface area (Å²) in [7, 11) is 0. The molecule has 2 heteroatoms. The summed E-state index contributed by atoms with van der Waals surface area (Å²) in [5.41, 5.74) is 10.1. The van der Waals surface area contributed by atoms with Gasteiger partial charge in [-0.2, -0.15) is 0 Å². The molecule has 8 rings (SSSR count). The lowest BCUT2D eigenvalue weighted by molar-refractivity contribution is 0.477. The Hall–Kier alpha value is -5.21.